The number of rotatable bonds is 4. The van der Waals surface area contributed by atoms with Gasteiger partial charge in [0.05, 0.1) is 5.25 Å². The molecule has 0 N–H and O–H groups in total. The van der Waals surface area contributed by atoms with Gasteiger partial charge in [-0.1, -0.05) is 39.8 Å². The maximum absolute atomic E-state index is 12.2. The molecule has 1 atom stereocenters. The number of Topliss-reactive ketones (excluding diaryl/α,β-unsaturated/α-hetero) is 1. The van der Waals surface area contributed by atoms with E-state index in [0.717, 1.165) is 10.0 Å². The second-order valence-corrected chi connectivity index (χ2v) is 6.40. The number of hydrogen-bond donors (Lipinski definition) is 0. The summed E-state index contributed by atoms with van der Waals surface area (Å²) in [5.74, 6) is 0.0849. The Morgan fingerprint density at radius 3 is 2.37 bits per heavy atom. The SMILES string of the molecule is Cc1cnc(SC(C)C(=O)c2ccc(Br)cc2)nc1. The van der Waals surface area contributed by atoms with Gasteiger partial charge in [-0.25, -0.2) is 9.97 Å². The minimum atomic E-state index is -0.205. The molecule has 1 heterocycles. The second kappa shape index (κ2) is 6.30. The molecule has 1 aromatic heterocycles. The van der Waals surface area contributed by atoms with Crippen LogP contribution in [0.25, 0.3) is 0 Å². The van der Waals surface area contributed by atoms with Gasteiger partial charge in [-0.15, -0.1) is 0 Å². The van der Waals surface area contributed by atoms with Gasteiger partial charge in [0.25, 0.3) is 0 Å². The Kier molecular flexibility index (Phi) is 4.71. The number of carbonyl (C=O) groups is 1. The van der Waals surface area contributed by atoms with Crippen LogP contribution >= 0.6 is 27.7 Å². The van der Waals surface area contributed by atoms with Crippen LogP contribution in [0.2, 0.25) is 0 Å². The standard InChI is InChI=1S/C14H13BrN2OS/c1-9-7-16-14(17-8-9)19-10(2)13(18)11-3-5-12(15)6-4-11/h3-8,10H,1-2H3. The molecule has 0 aliphatic rings. The molecule has 5 heteroatoms. The van der Waals surface area contributed by atoms with Gasteiger partial charge >= 0.3 is 0 Å². The van der Waals surface area contributed by atoms with Crippen molar-refractivity contribution in [2.24, 2.45) is 0 Å². The number of aryl methyl sites for hydroxylation is 1. The van der Waals surface area contributed by atoms with E-state index < -0.39 is 0 Å². The lowest BCUT2D eigenvalue weighted by atomic mass is 10.1. The third kappa shape index (κ3) is 3.88. The number of benzene rings is 1. The van der Waals surface area contributed by atoms with E-state index in [1.165, 1.54) is 11.8 Å². The molecule has 19 heavy (non-hydrogen) atoms. The molecule has 98 valence electrons. The number of aromatic nitrogens is 2. The monoisotopic (exact) mass is 336 g/mol. The van der Waals surface area contributed by atoms with Crippen LogP contribution < -0.4 is 0 Å². The van der Waals surface area contributed by atoms with Crippen LogP contribution in [0, 0.1) is 6.92 Å². The van der Waals surface area contributed by atoms with Crippen LogP contribution in [0.15, 0.2) is 46.3 Å². The fourth-order valence-corrected chi connectivity index (χ4v) is 2.55. The highest BCUT2D eigenvalue weighted by Gasteiger charge is 2.17. The first kappa shape index (κ1) is 14.2. The predicted molar refractivity (Wildman–Crippen MR) is 80.6 cm³/mol. The van der Waals surface area contributed by atoms with E-state index in [4.69, 9.17) is 0 Å². The summed E-state index contributed by atoms with van der Waals surface area (Å²) in [4.78, 5) is 20.6. The molecule has 0 fully saturated rings. The van der Waals surface area contributed by atoms with Gasteiger partial charge in [0, 0.05) is 22.4 Å². The molecule has 0 saturated carbocycles. The number of nitrogens with zero attached hydrogens (tertiary/aromatic N) is 2. The van der Waals surface area contributed by atoms with Crippen LogP contribution in [0.1, 0.15) is 22.8 Å². The number of hydrogen-bond acceptors (Lipinski definition) is 4. The van der Waals surface area contributed by atoms with Crippen molar-refractivity contribution in [3.63, 3.8) is 0 Å². The number of ketones is 1. The van der Waals surface area contributed by atoms with Crippen molar-refractivity contribution in [3.05, 3.63) is 52.3 Å². The summed E-state index contributed by atoms with van der Waals surface area (Å²) >= 11 is 4.73. The van der Waals surface area contributed by atoms with E-state index in [1.54, 1.807) is 12.4 Å². The molecule has 1 unspecified atom stereocenters. The molecular formula is C14H13BrN2OS. The van der Waals surface area contributed by atoms with E-state index >= 15 is 0 Å². The number of halogens is 1. The van der Waals surface area contributed by atoms with E-state index in [0.29, 0.717) is 10.7 Å². The normalized spacial score (nSPS) is 12.2. The molecule has 0 saturated heterocycles. The summed E-state index contributed by atoms with van der Waals surface area (Å²) in [7, 11) is 0. The lowest BCUT2D eigenvalue weighted by Crippen LogP contribution is -2.13. The molecule has 0 bridgehead atoms. The lowest BCUT2D eigenvalue weighted by molar-refractivity contribution is 0.0994. The highest BCUT2D eigenvalue weighted by molar-refractivity contribution is 9.10. The average Bonchev–Trinajstić information content (AvgIpc) is 2.41. The highest BCUT2D eigenvalue weighted by Crippen LogP contribution is 2.23. The third-order valence-electron chi connectivity index (χ3n) is 2.54. The minimum absolute atomic E-state index is 0.0849. The zero-order valence-electron chi connectivity index (χ0n) is 10.6. The Morgan fingerprint density at radius 1 is 1.21 bits per heavy atom. The molecule has 0 spiro atoms. The quantitative estimate of drug-likeness (QED) is 0.482. The van der Waals surface area contributed by atoms with Crippen LogP contribution in [-0.2, 0) is 0 Å². The Labute approximate surface area is 125 Å². The summed E-state index contributed by atoms with van der Waals surface area (Å²) in [6, 6.07) is 7.37. The van der Waals surface area contributed by atoms with Crippen LogP contribution in [0.4, 0.5) is 0 Å². The van der Waals surface area contributed by atoms with E-state index in [-0.39, 0.29) is 11.0 Å². The Hall–Kier alpha value is -1.20. The largest absolute Gasteiger partial charge is 0.293 e. The predicted octanol–water partition coefficient (Wildman–Crippen LogP) is 3.91. The van der Waals surface area contributed by atoms with Crippen LogP contribution in [-0.4, -0.2) is 21.0 Å². The van der Waals surface area contributed by atoms with Crippen molar-refractivity contribution >= 4 is 33.5 Å². The Bertz CT molecular complexity index is 569. The first-order valence-electron chi connectivity index (χ1n) is 5.81. The fraction of sp³-hybridized carbons (Fsp3) is 0.214. The number of thioether (sulfide) groups is 1. The topological polar surface area (TPSA) is 42.9 Å². The van der Waals surface area contributed by atoms with Gasteiger partial charge in [0.1, 0.15) is 0 Å². The van der Waals surface area contributed by atoms with Gasteiger partial charge < -0.3 is 0 Å². The van der Waals surface area contributed by atoms with E-state index in [1.807, 2.05) is 38.1 Å². The van der Waals surface area contributed by atoms with Crippen molar-refractivity contribution in [3.8, 4) is 0 Å². The van der Waals surface area contributed by atoms with Gasteiger partial charge in [0.2, 0.25) is 0 Å². The molecule has 3 nitrogen and oxygen atoms in total. The second-order valence-electron chi connectivity index (χ2n) is 4.17. The van der Waals surface area contributed by atoms with Crippen molar-refractivity contribution in [2.75, 3.05) is 0 Å². The average molecular weight is 337 g/mol. The maximum Gasteiger partial charge on any atom is 0.188 e. The van der Waals surface area contributed by atoms with Gasteiger partial charge in [-0.05, 0) is 31.5 Å². The fourth-order valence-electron chi connectivity index (χ4n) is 1.50. The molecular weight excluding hydrogens is 324 g/mol. The first-order chi connectivity index (χ1) is 9.06. The summed E-state index contributed by atoms with van der Waals surface area (Å²) < 4.78 is 0.964. The highest BCUT2D eigenvalue weighted by atomic mass is 79.9. The van der Waals surface area contributed by atoms with Crippen molar-refractivity contribution < 1.29 is 4.79 Å². The smallest absolute Gasteiger partial charge is 0.188 e. The third-order valence-corrected chi connectivity index (χ3v) is 4.06. The van der Waals surface area contributed by atoms with Crippen molar-refractivity contribution in [1.29, 1.82) is 0 Å². The Balaban J connectivity index is 2.07. The molecule has 2 rings (SSSR count). The lowest BCUT2D eigenvalue weighted by Gasteiger charge is -2.09. The molecule has 1 aromatic carbocycles. The van der Waals surface area contributed by atoms with Crippen LogP contribution in [0.3, 0.4) is 0 Å². The summed E-state index contributed by atoms with van der Waals surface area (Å²) in [5.41, 5.74) is 1.71. The van der Waals surface area contributed by atoms with Gasteiger partial charge in [0.15, 0.2) is 10.9 Å². The summed E-state index contributed by atoms with van der Waals surface area (Å²) in [6.45, 7) is 3.81. The molecule has 0 aliphatic carbocycles. The molecule has 0 amide bonds. The molecule has 0 aliphatic heterocycles. The zero-order valence-corrected chi connectivity index (χ0v) is 13.0. The van der Waals surface area contributed by atoms with E-state index in [2.05, 4.69) is 25.9 Å². The summed E-state index contributed by atoms with van der Waals surface area (Å²) in [5, 5.41) is 0.424. The molecule has 2 aromatic rings. The van der Waals surface area contributed by atoms with Gasteiger partial charge in [-0.3, -0.25) is 4.79 Å². The molecule has 0 radical (unpaired) electrons. The minimum Gasteiger partial charge on any atom is -0.293 e. The van der Waals surface area contributed by atoms with Crippen LogP contribution in [0.5, 0.6) is 0 Å². The Morgan fingerprint density at radius 2 is 1.79 bits per heavy atom. The van der Waals surface area contributed by atoms with Crippen molar-refractivity contribution in [1.82, 2.24) is 9.97 Å². The maximum atomic E-state index is 12.2. The summed E-state index contributed by atoms with van der Waals surface area (Å²) in [6.07, 6.45) is 3.51. The zero-order chi connectivity index (χ0) is 13.8. The van der Waals surface area contributed by atoms with Crippen molar-refractivity contribution in [2.45, 2.75) is 24.3 Å². The number of carbonyl (C=O) groups excluding carboxylic acids is 1. The van der Waals surface area contributed by atoms with Gasteiger partial charge in [-0.2, -0.15) is 0 Å². The van der Waals surface area contributed by atoms with E-state index in [9.17, 15) is 4.79 Å². The first-order valence-corrected chi connectivity index (χ1v) is 7.48.